The van der Waals surface area contributed by atoms with E-state index in [1.54, 1.807) is 18.2 Å². The van der Waals surface area contributed by atoms with Crippen molar-refractivity contribution in [3.8, 4) is 5.75 Å². The highest BCUT2D eigenvalue weighted by molar-refractivity contribution is 5.93. The summed E-state index contributed by atoms with van der Waals surface area (Å²) in [4.78, 5) is 24.7. The maximum absolute atomic E-state index is 12.4. The topological polar surface area (TPSA) is 56.5 Å². The van der Waals surface area contributed by atoms with Crippen LogP contribution in [0.15, 0.2) is 45.6 Å². The number of aryl methyl sites for hydroxylation is 3. The Morgan fingerprint density at radius 2 is 1.65 bits per heavy atom. The summed E-state index contributed by atoms with van der Waals surface area (Å²) < 4.78 is 11.1. The second kappa shape index (κ2) is 6.45. The molecule has 1 aliphatic rings. The first kappa shape index (κ1) is 16.6. The standard InChI is InChI=1S/C22H20O4/c1-13-7-9-15(10-8-13)21(23)25-19-12-11-17-16-5-3-4-6-18(16)22(24)26-20(17)14(19)2/h7-12H,3-6H2,1-2H3. The first-order chi connectivity index (χ1) is 12.5. The monoisotopic (exact) mass is 348 g/mol. The zero-order chi connectivity index (χ0) is 18.3. The first-order valence-electron chi connectivity index (χ1n) is 8.91. The molecule has 1 aliphatic carbocycles. The predicted molar refractivity (Wildman–Crippen MR) is 100 cm³/mol. The lowest BCUT2D eigenvalue weighted by atomic mass is 9.90. The fourth-order valence-electron chi connectivity index (χ4n) is 3.58. The Bertz CT molecular complexity index is 1060. The minimum absolute atomic E-state index is 0.266. The average Bonchev–Trinajstić information content (AvgIpc) is 2.65. The number of carbonyl (C=O) groups is 1. The van der Waals surface area contributed by atoms with Gasteiger partial charge in [0.2, 0.25) is 0 Å². The van der Waals surface area contributed by atoms with Gasteiger partial charge in [-0.1, -0.05) is 17.7 Å². The Morgan fingerprint density at radius 3 is 2.38 bits per heavy atom. The summed E-state index contributed by atoms with van der Waals surface area (Å²) in [7, 11) is 0. The zero-order valence-electron chi connectivity index (χ0n) is 14.9. The highest BCUT2D eigenvalue weighted by atomic mass is 16.5. The van der Waals surface area contributed by atoms with Crippen LogP contribution in [-0.2, 0) is 12.8 Å². The number of esters is 1. The van der Waals surface area contributed by atoms with E-state index in [4.69, 9.17) is 9.15 Å². The lowest BCUT2D eigenvalue weighted by Crippen LogP contribution is -2.16. The fraction of sp³-hybridized carbons (Fsp3) is 0.273. The quantitative estimate of drug-likeness (QED) is 0.388. The summed E-state index contributed by atoms with van der Waals surface area (Å²) in [6.07, 6.45) is 3.76. The third-order valence-electron chi connectivity index (χ3n) is 5.08. The summed E-state index contributed by atoms with van der Waals surface area (Å²) in [5.41, 5.74) is 4.38. The molecule has 4 nitrogen and oxygen atoms in total. The Kier molecular flexibility index (Phi) is 4.11. The molecule has 0 spiro atoms. The van der Waals surface area contributed by atoms with Crippen LogP contribution in [0.4, 0.5) is 0 Å². The minimum Gasteiger partial charge on any atom is -0.423 e. The molecule has 0 saturated carbocycles. The molecule has 0 aliphatic heterocycles. The third kappa shape index (κ3) is 2.81. The number of rotatable bonds is 2. The van der Waals surface area contributed by atoms with Crippen LogP contribution in [0, 0.1) is 13.8 Å². The van der Waals surface area contributed by atoms with Crippen molar-refractivity contribution in [3.05, 3.63) is 74.6 Å². The predicted octanol–water partition coefficient (Wildman–Crippen LogP) is 4.51. The maximum Gasteiger partial charge on any atom is 0.343 e. The van der Waals surface area contributed by atoms with Crippen molar-refractivity contribution < 1.29 is 13.9 Å². The number of fused-ring (bicyclic) bond motifs is 3. The Hall–Kier alpha value is -2.88. The molecule has 0 radical (unpaired) electrons. The molecule has 4 heteroatoms. The van der Waals surface area contributed by atoms with Crippen LogP contribution in [-0.4, -0.2) is 5.97 Å². The lowest BCUT2D eigenvalue weighted by molar-refractivity contribution is 0.0733. The van der Waals surface area contributed by atoms with Crippen molar-refractivity contribution in [3.63, 3.8) is 0 Å². The van der Waals surface area contributed by atoms with Gasteiger partial charge in [-0.15, -0.1) is 0 Å². The van der Waals surface area contributed by atoms with Gasteiger partial charge in [0, 0.05) is 16.5 Å². The van der Waals surface area contributed by atoms with Gasteiger partial charge in [0.05, 0.1) is 5.56 Å². The van der Waals surface area contributed by atoms with Gasteiger partial charge in [-0.2, -0.15) is 0 Å². The van der Waals surface area contributed by atoms with Gasteiger partial charge >= 0.3 is 11.6 Å². The Balaban J connectivity index is 1.75. The van der Waals surface area contributed by atoms with Crippen LogP contribution in [0.5, 0.6) is 5.75 Å². The van der Waals surface area contributed by atoms with Gasteiger partial charge < -0.3 is 9.15 Å². The lowest BCUT2D eigenvalue weighted by Gasteiger charge is -2.17. The molecule has 0 bridgehead atoms. The molecule has 0 unspecified atom stereocenters. The summed E-state index contributed by atoms with van der Waals surface area (Å²) >= 11 is 0. The maximum atomic E-state index is 12.4. The average molecular weight is 348 g/mol. The van der Waals surface area contributed by atoms with Crippen LogP contribution in [0.2, 0.25) is 0 Å². The second-order valence-corrected chi connectivity index (χ2v) is 6.87. The normalized spacial score (nSPS) is 13.5. The smallest absolute Gasteiger partial charge is 0.343 e. The molecule has 3 aromatic rings. The van der Waals surface area contributed by atoms with Crippen molar-refractivity contribution in [2.45, 2.75) is 39.5 Å². The second-order valence-electron chi connectivity index (χ2n) is 6.87. The molecule has 0 N–H and O–H groups in total. The zero-order valence-corrected chi connectivity index (χ0v) is 14.9. The van der Waals surface area contributed by atoms with Gasteiger partial charge in [0.15, 0.2) is 0 Å². The number of hydrogen-bond acceptors (Lipinski definition) is 4. The van der Waals surface area contributed by atoms with Crippen molar-refractivity contribution in [2.24, 2.45) is 0 Å². The largest absolute Gasteiger partial charge is 0.423 e. The van der Waals surface area contributed by atoms with Crippen molar-refractivity contribution in [1.29, 1.82) is 0 Å². The Labute approximate surface area is 151 Å². The molecule has 1 heterocycles. The number of hydrogen-bond donors (Lipinski definition) is 0. The fourth-order valence-corrected chi connectivity index (χ4v) is 3.58. The molecule has 1 aromatic heterocycles. The van der Waals surface area contributed by atoms with E-state index < -0.39 is 5.97 Å². The van der Waals surface area contributed by atoms with Crippen LogP contribution in [0.3, 0.4) is 0 Å². The molecule has 0 saturated heterocycles. The highest BCUT2D eigenvalue weighted by Gasteiger charge is 2.21. The summed E-state index contributed by atoms with van der Waals surface area (Å²) in [5, 5.41) is 0.951. The van der Waals surface area contributed by atoms with Crippen molar-refractivity contribution in [2.75, 3.05) is 0 Å². The van der Waals surface area contributed by atoms with Gasteiger partial charge in [-0.25, -0.2) is 9.59 Å². The summed E-state index contributed by atoms with van der Waals surface area (Å²) in [6, 6.07) is 10.9. The van der Waals surface area contributed by atoms with Crippen molar-refractivity contribution in [1.82, 2.24) is 0 Å². The number of ether oxygens (including phenoxy) is 1. The third-order valence-corrected chi connectivity index (χ3v) is 5.08. The van der Waals surface area contributed by atoms with E-state index >= 15 is 0 Å². The van der Waals surface area contributed by atoms with Gasteiger partial charge in [0.25, 0.3) is 0 Å². The molecule has 0 atom stereocenters. The van der Waals surface area contributed by atoms with E-state index in [-0.39, 0.29) is 5.63 Å². The van der Waals surface area contributed by atoms with E-state index in [1.165, 1.54) is 0 Å². The van der Waals surface area contributed by atoms with Crippen LogP contribution >= 0.6 is 0 Å². The number of carbonyl (C=O) groups excluding carboxylic acids is 1. The van der Waals surface area contributed by atoms with Gasteiger partial charge in [-0.05, 0) is 69.4 Å². The van der Waals surface area contributed by atoms with E-state index in [1.807, 2.05) is 32.0 Å². The van der Waals surface area contributed by atoms with E-state index in [0.29, 0.717) is 22.5 Å². The van der Waals surface area contributed by atoms with Gasteiger partial charge in [-0.3, -0.25) is 0 Å². The van der Waals surface area contributed by atoms with E-state index in [9.17, 15) is 9.59 Å². The van der Waals surface area contributed by atoms with Crippen LogP contribution < -0.4 is 10.4 Å². The molecule has 2 aromatic carbocycles. The molecule has 0 amide bonds. The van der Waals surface area contributed by atoms with Gasteiger partial charge in [0.1, 0.15) is 11.3 Å². The van der Waals surface area contributed by atoms with Crippen molar-refractivity contribution >= 4 is 16.9 Å². The Morgan fingerprint density at radius 1 is 0.962 bits per heavy atom. The molecule has 132 valence electrons. The molecule has 4 rings (SSSR count). The van der Waals surface area contributed by atoms with E-state index in [0.717, 1.165) is 47.8 Å². The SMILES string of the molecule is Cc1ccc(C(=O)Oc2ccc3c4c(c(=O)oc3c2C)CCCC4)cc1. The molecular weight excluding hydrogens is 328 g/mol. The first-order valence-corrected chi connectivity index (χ1v) is 8.91. The highest BCUT2D eigenvalue weighted by Crippen LogP contribution is 2.32. The summed E-state index contributed by atoms with van der Waals surface area (Å²) in [5.74, 6) is -0.00487. The molecular formula is C22H20O4. The van der Waals surface area contributed by atoms with Crippen LogP contribution in [0.25, 0.3) is 11.0 Å². The number of benzene rings is 2. The van der Waals surface area contributed by atoms with Crippen LogP contribution in [0.1, 0.15) is 45.5 Å². The molecule has 26 heavy (non-hydrogen) atoms. The summed E-state index contributed by atoms with van der Waals surface area (Å²) in [6.45, 7) is 3.78. The van der Waals surface area contributed by atoms with E-state index in [2.05, 4.69) is 0 Å². The minimum atomic E-state index is -0.423. The molecule has 0 fully saturated rings.